The fourth-order valence-electron chi connectivity index (χ4n) is 2.75. The summed E-state index contributed by atoms with van der Waals surface area (Å²) in [5.41, 5.74) is 1.83. The van der Waals surface area contributed by atoms with Gasteiger partial charge in [0.25, 0.3) is 0 Å². The van der Waals surface area contributed by atoms with Crippen LogP contribution in [0, 0.1) is 0 Å². The lowest BCUT2D eigenvalue weighted by molar-refractivity contribution is -0.133. The summed E-state index contributed by atoms with van der Waals surface area (Å²) in [4.78, 5) is 14.8. The van der Waals surface area contributed by atoms with E-state index in [1.807, 2.05) is 43.0 Å². The van der Waals surface area contributed by atoms with Gasteiger partial charge in [0.1, 0.15) is 11.5 Å². The maximum atomic E-state index is 12.9. The van der Waals surface area contributed by atoms with Gasteiger partial charge in [-0.2, -0.15) is 8.42 Å². The Kier molecular flexibility index (Phi) is 7.45. The van der Waals surface area contributed by atoms with Gasteiger partial charge in [-0.3, -0.25) is 4.79 Å². The molecule has 0 radical (unpaired) electrons. The van der Waals surface area contributed by atoms with Crippen molar-refractivity contribution in [3.05, 3.63) is 59.7 Å². The fourth-order valence-corrected chi connectivity index (χ4v) is 3.21. The van der Waals surface area contributed by atoms with Crippen LogP contribution in [0.15, 0.2) is 48.5 Å². The van der Waals surface area contributed by atoms with Crippen molar-refractivity contribution in [1.29, 1.82) is 0 Å². The van der Waals surface area contributed by atoms with Gasteiger partial charge < -0.3 is 13.8 Å². The average Bonchev–Trinajstić information content (AvgIpc) is 2.66. The van der Waals surface area contributed by atoms with Crippen LogP contribution < -0.4 is 8.92 Å². The highest BCUT2D eigenvalue weighted by atomic mass is 32.2. The monoisotopic (exact) mass is 405 g/mol. The molecule has 6 nitrogen and oxygen atoms in total. The summed E-state index contributed by atoms with van der Waals surface area (Å²) in [5.74, 6) is 1.05. The van der Waals surface area contributed by atoms with Crippen molar-refractivity contribution in [2.45, 2.75) is 39.3 Å². The van der Waals surface area contributed by atoms with Crippen LogP contribution >= 0.6 is 0 Å². The first-order valence-corrected chi connectivity index (χ1v) is 10.9. The SMILES string of the molecule is CC[C@H](C)N(Cc1ccc(OS(C)(=O)=O)cc1)C(=O)Cc1ccc(OC)cc1. The predicted octanol–water partition coefficient (Wildman–Crippen LogP) is 3.40. The zero-order valence-electron chi connectivity index (χ0n) is 16.7. The molecule has 0 spiro atoms. The Hall–Kier alpha value is -2.54. The second kappa shape index (κ2) is 9.59. The number of hydrogen-bond acceptors (Lipinski definition) is 5. The minimum absolute atomic E-state index is 0.0379. The highest BCUT2D eigenvalue weighted by molar-refractivity contribution is 7.86. The second-order valence-electron chi connectivity index (χ2n) is 6.74. The number of ether oxygens (including phenoxy) is 1. The molecule has 0 saturated carbocycles. The number of benzene rings is 2. The summed E-state index contributed by atoms with van der Waals surface area (Å²) in [7, 11) is -1.95. The number of methoxy groups -OCH3 is 1. The highest BCUT2D eigenvalue weighted by Gasteiger charge is 2.19. The lowest BCUT2D eigenvalue weighted by atomic mass is 10.1. The minimum Gasteiger partial charge on any atom is -0.497 e. The van der Waals surface area contributed by atoms with Gasteiger partial charge in [0.05, 0.1) is 19.8 Å². The van der Waals surface area contributed by atoms with E-state index in [9.17, 15) is 13.2 Å². The van der Waals surface area contributed by atoms with E-state index in [0.717, 1.165) is 29.6 Å². The molecule has 0 bridgehead atoms. The van der Waals surface area contributed by atoms with Gasteiger partial charge in [-0.25, -0.2) is 0 Å². The van der Waals surface area contributed by atoms with Crippen LogP contribution in [-0.4, -0.2) is 38.6 Å². The first-order chi connectivity index (χ1) is 13.2. The third-order valence-corrected chi connectivity index (χ3v) is 4.98. The van der Waals surface area contributed by atoms with Gasteiger partial charge in [0.15, 0.2) is 0 Å². The van der Waals surface area contributed by atoms with Gasteiger partial charge in [-0.15, -0.1) is 0 Å². The molecule has 7 heteroatoms. The number of hydrogen-bond donors (Lipinski definition) is 0. The van der Waals surface area contributed by atoms with Crippen LogP contribution in [-0.2, 0) is 27.9 Å². The number of carbonyl (C=O) groups excluding carboxylic acids is 1. The number of rotatable bonds is 9. The maximum absolute atomic E-state index is 12.9. The lowest BCUT2D eigenvalue weighted by Crippen LogP contribution is -2.38. The molecule has 0 aromatic heterocycles. The molecule has 0 heterocycles. The zero-order chi connectivity index (χ0) is 20.7. The van der Waals surface area contributed by atoms with Gasteiger partial charge in [-0.1, -0.05) is 31.2 Å². The van der Waals surface area contributed by atoms with Crippen molar-refractivity contribution in [2.24, 2.45) is 0 Å². The van der Waals surface area contributed by atoms with Crippen LogP contribution in [0.2, 0.25) is 0 Å². The normalized spacial score (nSPS) is 12.3. The molecule has 0 aliphatic carbocycles. The van der Waals surface area contributed by atoms with E-state index in [1.54, 1.807) is 31.4 Å². The van der Waals surface area contributed by atoms with Gasteiger partial charge >= 0.3 is 10.1 Å². The van der Waals surface area contributed by atoms with Crippen molar-refractivity contribution in [2.75, 3.05) is 13.4 Å². The largest absolute Gasteiger partial charge is 0.497 e. The van der Waals surface area contributed by atoms with Gasteiger partial charge in [0, 0.05) is 12.6 Å². The Morgan fingerprint density at radius 3 is 2.04 bits per heavy atom. The Morgan fingerprint density at radius 1 is 1.00 bits per heavy atom. The van der Waals surface area contributed by atoms with E-state index in [4.69, 9.17) is 8.92 Å². The third kappa shape index (κ3) is 6.56. The van der Waals surface area contributed by atoms with E-state index >= 15 is 0 Å². The summed E-state index contributed by atoms with van der Waals surface area (Å²) < 4.78 is 32.4. The van der Waals surface area contributed by atoms with Crippen LogP contribution in [0.4, 0.5) is 0 Å². The Bertz CT molecular complexity index is 876. The Balaban J connectivity index is 2.10. The molecular weight excluding hydrogens is 378 g/mol. The first-order valence-electron chi connectivity index (χ1n) is 9.12. The number of nitrogens with zero attached hydrogens (tertiary/aromatic N) is 1. The third-order valence-electron chi connectivity index (χ3n) is 4.48. The van der Waals surface area contributed by atoms with Crippen molar-refractivity contribution >= 4 is 16.0 Å². The first kappa shape index (κ1) is 21.8. The van der Waals surface area contributed by atoms with E-state index in [2.05, 4.69) is 0 Å². The zero-order valence-corrected chi connectivity index (χ0v) is 17.5. The van der Waals surface area contributed by atoms with Crippen LogP contribution in [0.1, 0.15) is 31.4 Å². The summed E-state index contributed by atoms with van der Waals surface area (Å²) in [6.07, 6.45) is 2.15. The molecule has 0 aliphatic heterocycles. The lowest BCUT2D eigenvalue weighted by Gasteiger charge is -2.29. The number of amides is 1. The van der Waals surface area contributed by atoms with Crippen LogP contribution in [0.5, 0.6) is 11.5 Å². The molecular formula is C21H27NO5S. The molecule has 1 atom stereocenters. The number of carbonyl (C=O) groups is 1. The molecule has 0 unspecified atom stereocenters. The highest BCUT2D eigenvalue weighted by Crippen LogP contribution is 2.19. The quantitative estimate of drug-likeness (QED) is 0.598. The van der Waals surface area contributed by atoms with Crippen molar-refractivity contribution in [1.82, 2.24) is 4.90 Å². The molecule has 28 heavy (non-hydrogen) atoms. The van der Waals surface area contributed by atoms with Gasteiger partial charge in [-0.05, 0) is 48.7 Å². The summed E-state index contributed by atoms with van der Waals surface area (Å²) in [5, 5.41) is 0. The summed E-state index contributed by atoms with van der Waals surface area (Å²) >= 11 is 0. The molecule has 2 rings (SSSR count). The average molecular weight is 406 g/mol. The molecule has 2 aromatic rings. The van der Waals surface area contributed by atoms with E-state index in [-0.39, 0.29) is 17.7 Å². The van der Waals surface area contributed by atoms with Crippen molar-refractivity contribution < 1.29 is 22.1 Å². The molecule has 152 valence electrons. The maximum Gasteiger partial charge on any atom is 0.306 e. The van der Waals surface area contributed by atoms with E-state index < -0.39 is 10.1 Å². The predicted molar refractivity (Wildman–Crippen MR) is 109 cm³/mol. The Labute approximate surface area is 167 Å². The Morgan fingerprint density at radius 2 is 1.54 bits per heavy atom. The molecule has 0 aliphatic rings. The standard InChI is InChI=1S/C21H27NO5S/c1-5-16(2)22(21(23)14-17-6-10-19(26-3)11-7-17)15-18-8-12-20(13-9-18)27-28(4,24)25/h6-13,16H,5,14-15H2,1-4H3/t16-/m0/s1. The van der Waals surface area contributed by atoms with Crippen molar-refractivity contribution in [3.8, 4) is 11.5 Å². The molecule has 0 saturated heterocycles. The second-order valence-corrected chi connectivity index (χ2v) is 8.31. The fraction of sp³-hybridized carbons (Fsp3) is 0.381. The minimum atomic E-state index is -3.56. The molecule has 1 amide bonds. The van der Waals surface area contributed by atoms with E-state index in [0.29, 0.717) is 13.0 Å². The van der Waals surface area contributed by atoms with Crippen LogP contribution in [0.3, 0.4) is 0 Å². The van der Waals surface area contributed by atoms with Gasteiger partial charge in [0.2, 0.25) is 5.91 Å². The molecule has 0 fully saturated rings. The van der Waals surface area contributed by atoms with Crippen LogP contribution in [0.25, 0.3) is 0 Å². The smallest absolute Gasteiger partial charge is 0.306 e. The summed E-state index contributed by atoms with van der Waals surface area (Å²) in [6, 6.07) is 14.3. The molecule has 2 aromatic carbocycles. The molecule has 0 N–H and O–H groups in total. The van der Waals surface area contributed by atoms with E-state index in [1.165, 1.54) is 0 Å². The summed E-state index contributed by atoms with van der Waals surface area (Å²) in [6.45, 7) is 4.51. The van der Waals surface area contributed by atoms with Crippen molar-refractivity contribution in [3.63, 3.8) is 0 Å². The topological polar surface area (TPSA) is 72.9 Å².